The quantitative estimate of drug-likeness (QED) is 0.847. The van der Waals surface area contributed by atoms with Gasteiger partial charge in [-0.3, -0.25) is 4.79 Å². The zero-order chi connectivity index (χ0) is 14.7. The molecule has 0 saturated carbocycles. The molecule has 0 bridgehead atoms. The second-order valence-electron chi connectivity index (χ2n) is 5.71. The average Bonchev–Trinajstić information content (AvgIpc) is 2.87. The van der Waals surface area contributed by atoms with E-state index in [2.05, 4.69) is 36.3 Å². The van der Waals surface area contributed by atoms with E-state index in [4.69, 9.17) is 4.84 Å². The van der Waals surface area contributed by atoms with Crippen molar-refractivity contribution in [3.8, 4) is 0 Å². The Hall–Kier alpha value is -1.84. The number of likely N-dealkylation sites (N-methyl/N-ethyl adjacent to an activating group) is 1. The van der Waals surface area contributed by atoms with E-state index in [1.807, 2.05) is 20.9 Å². The van der Waals surface area contributed by atoms with Crippen LogP contribution in [-0.2, 0) is 9.63 Å². The molecule has 2 rings (SSSR count). The Labute approximate surface area is 120 Å². The number of aryl methyl sites for hydroxylation is 1. The molecular formula is C16H22N2O2. The van der Waals surface area contributed by atoms with Gasteiger partial charge in [-0.1, -0.05) is 48.8 Å². The van der Waals surface area contributed by atoms with Gasteiger partial charge in [0.1, 0.15) is 0 Å². The molecule has 20 heavy (non-hydrogen) atoms. The monoisotopic (exact) mass is 274 g/mol. The van der Waals surface area contributed by atoms with Crippen molar-refractivity contribution in [1.29, 1.82) is 0 Å². The van der Waals surface area contributed by atoms with Gasteiger partial charge in [0.05, 0.1) is 12.3 Å². The van der Waals surface area contributed by atoms with Gasteiger partial charge < -0.3 is 9.74 Å². The van der Waals surface area contributed by atoms with Crippen LogP contribution < -0.4 is 0 Å². The van der Waals surface area contributed by atoms with Crippen molar-refractivity contribution >= 4 is 11.6 Å². The summed E-state index contributed by atoms with van der Waals surface area (Å²) >= 11 is 0. The van der Waals surface area contributed by atoms with Gasteiger partial charge in [0.25, 0.3) is 0 Å². The summed E-state index contributed by atoms with van der Waals surface area (Å²) in [5, 5.41) is 4.15. The van der Waals surface area contributed by atoms with E-state index in [-0.39, 0.29) is 17.9 Å². The summed E-state index contributed by atoms with van der Waals surface area (Å²) in [5.74, 6) is 0.149. The van der Waals surface area contributed by atoms with Crippen molar-refractivity contribution in [3.63, 3.8) is 0 Å². The van der Waals surface area contributed by atoms with Gasteiger partial charge in [0.2, 0.25) is 5.91 Å². The van der Waals surface area contributed by atoms with Crippen molar-refractivity contribution in [2.75, 3.05) is 13.6 Å². The number of amides is 1. The Morgan fingerprint density at radius 3 is 2.65 bits per heavy atom. The van der Waals surface area contributed by atoms with Crippen LogP contribution in [0.3, 0.4) is 0 Å². The van der Waals surface area contributed by atoms with Gasteiger partial charge in [0, 0.05) is 19.4 Å². The Bertz CT molecular complexity index is 506. The van der Waals surface area contributed by atoms with Crippen LogP contribution in [0, 0.1) is 12.8 Å². The van der Waals surface area contributed by atoms with E-state index in [0.717, 1.165) is 17.7 Å². The zero-order valence-electron chi connectivity index (χ0n) is 12.6. The molecule has 1 amide bonds. The molecular weight excluding hydrogens is 252 g/mol. The lowest BCUT2D eigenvalue weighted by Gasteiger charge is -2.21. The predicted octanol–water partition coefficient (Wildman–Crippen LogP) is 2.60. The summed E-state index contributed by atoms with van der Waals surface area (Å²) in [7, 11) is 1.82. The van der Waals surface area contributed by atoms with Crippen LogP contribution in [0.1, 0.15) is 31.4 Å². The van der Waals surface area contributed by atoms with E-state index >= 15 is 0 Å². The van der Waals surface area contributed by atoms with Crippen LogP contribution in [0.4, 0.5) is 0 Å². The molecule has 0 aromatic heterocycles. The largest absolute Gasteiger partial charge is 0.390 e. The standard InChI is InChI=1S/C16H22N2O2/c1-11(2)16(19)18(4)10-14-9-15(17-20-14)13-7-5-12(3)6-8-13/h5-8,11,14H,9-10H2,1-4H3/t14-/m1/s1. The predicted molar refractivity (Wildman–Crippen MR) is 79.7 cm³/mol. The van der Waals surface area contributed by atoms with Gasteiger partial charge in [-0.25, -0.2) is 0 Å². The molecule has 0 unspecified atom stereocenters. The van der Waals surface area contributed by atoms with E-state index in [0.29, 0.717) is 6.54 Å². The fourth-order valence-corrected chi connectivity index (χ4v) is 2.28. The third kappa shape index (κ3) is 3.38. The van der Waals surface area contributed by atoms with Crippen LogP contribution in [-0.4, -0.2) is 36.2 Å². The molecule has 0 N–H and O–H groups in total. The first-order chi connectivity index (χ1) is 9.47. The number of carbonyl (C=O) groups excluding carboxylic acids is 1. The van der Waals surface area contributed by atoms with E-state index in [1.54, 1.807) is 4.90 Å². The van der Waals surface area contributed by atoms with Crippen molar-refractivity contribution in [1.82, 2.24) is 4.90 Å². The maximum absolute atomic E-state index is 11.9. The Morgan fingerprint density at radius 2 is 2.05 bits per heavy atom. The van der Waals surface area contributed by atoms with Gasteiger partial charge in [-0.2, -0.15) is 0 Å². The number of oxime groups is 1. The third-order valence-electron chi connectivity index (χ3n) is 3.47. The van der Waals surface area contributed by atoms with Gasteiger partial charge >= 0.3 is 0 Å². The number of benzene rings is 1. The van der Waals surface area contributed by atoms with Gasteiger partial charge in [-0.15, -0.1) is 0 Å². The first-order valence-electron chi connectivity index (χ1n) is 7.02. The first kappa shape index (κ1) is 14.6. The van der Waals surface area contributed by atoms with Crippen molar-refractivity contribution in [2.24, 2.45) is 11.1 Å². The fraction of sp³-hybridized carbons (Fsp3) is 0.500. The SMILES string of the molecule is Cc1ccc(C2=NO[C@@H](CN(C)C(=O)C(C)C)C2)cc1. The fourth-order valence-electron chi connectivity index (χ4n) is 2.28. The molecule has 1 aliphatic heterocycles. The van der Waals surface area contributed by atoms with Crippen molar-refractivity contribution in [3.05, 3.63) is 35.4 Å². The lowest BCUT2D eigenvalue weighted by molar-refractivity contribution is -0.134. The smallest absolute Gasteiger partial charge is 0.224 e. The van der Waals surface area contributed by atoms with Crippen molar-refractivity contribution in [2.45, 2.75) is 33.3 Å². The van der Waals surface area contributed by atoms with Crippen LogP contribution in [0.2, 0.25) is 0 Å². The lowest BCUT2D eigenvalue weighted by atomic mass is 10.0. The van der Waals surface area contributed by atoms with E-state index < -0.39 is 0 Å². The highest BCUT2D eigenvalue weighted by molar-refractivity contribution is 6.01. The molecule has 0 fully saturated rings. The maximum Gasteiger partial charge on any atom is 0.224 e. The lowest BCUT2D eigenvalue weighted by Crippen LogP contribution is -2.36. The minimum absolute atomic E-state index is 0.0129. The van der Waals surface area contributed by atoms with Gasteiger partial charge in [-0.05, 0) is 12.5 Å². The third-order valence-corrected chi connectivity index (χ3v) is 3.47. The summed E-state index contributed by atoms with van der Waals surface area (Å²) in [6.45, 7) is 6.45. The highest BCUT2D eigenvalue weighted by atomic mass is 16.6. The molecule has 1 aliphatic rings. The van der Waals surface area contributed by atoms with Crippen LogP contribution in [0.25, 0.3) is 0 Å². The summed E-state index contributed by atoms with van der Waals surface area (Å²) < 4.78 is 0. The molecule has 0 saturated heterocycles. The van der Waals surface area contributed by atoms with Crippen LogP contribution >= 0.6 is 0 Å². The van der Waals surface area contributed by atoms with Crippen molar-refractivity contribution < 1.29 is 9.63 Å². The van der Waals surface area contributed by atoms with Crippen LogP contribution in [0.5, 0.6) is 0 Å². The maximum atomic E-state index is 11.9. The number of hydrogen-bond acceptors (Lipinski definition) is 3. The summed E-state index contributed by atoms with van der Waals surface area (Å²) in [6.07, 6.45) is 0.706. The molecule has 4 nitrogen and oxygen atoms in total. The summed E-state index contributed by atoms with van der Waals surface area (Å²) in [6, 6.07) is 8.25. The number of rotatable bonds is 4. The zero-order valence-corrected chi connectivity index (χ0v) is 12.6. The summed E-state index contributed by atoms with van der Waals surface area (Å²) in [4.78, 5) is 19.0. The topological polar surface area (TPSA) is 41.9 Å². The molecule has 1 heterocycles. The second-order valence-corrected chi connectivity index (χ2v) is 5.71. The normalized spacial score (nSPS) is 17.9. The number of carbonyl (C=O) groups is 1. The highest BCUT2D eigenvalue weighted by Crippen LogP contribution is 2.18. The van der Waals surface area contributed by atoms with E-state index in [1.165, 1.54) is 5.56 Å². The Balaban J connectivity index is 1.91. The van der Waals surface area contributed by atoms with Gasteiger partial charge in [0.15, 0.2) is 6.10 Å². The Morgan fingerprint density at radius 1 is 1.40 bits per heavy atom. The minimum Gasteiger partial charge on any atom is -0.390 e. The van der Waals surface area contributed by atoms with Crippen LogP contribution in [0.15, 0.2) is 29.4 Å². The molecule has 4 heteroatoms. The molecule has 0 spiro atoms. The number of hydrogen-bond donors (Lipinski definition) is 0. The molecule has 1 aromatic carbocycles. The Kier molecular flexibility index (Phi) is 4.42. The molecule has 0 aliphatic carbocycles. The molecule has 1 aromatic rings. The average molecular weight is 274 g/mol. The minimum atomic E-state index is -0.0426. The molecule has 0 radical (unpaired) electrons. The molecule has 1 atom stereocenters. The second kappa shape index (κ2) is 6.07. The summed E-state index contributed by atoms with van der Waals surface area (Å²) in [5.41, 5.74) is 3.28. The van der Waals surface area contributed by atoms with E-state index in [9.17, 15) is 4.79 Å². The number of nitrogens with zero attached hydrogens (tertiary/aromatic N) is 2. The highest BCUT2D eigenvalue weighted by Gasteiger charge is 2.25. The molecule has 108 valence electrons. The first-order valence-corrected chi connectivity index (χ1v) is 7.02.